The second kappa shape index (κ2) is 197. The zero-order chi connectivity index (χ0) is 2.00. The van der Waals surface area contributed by atoms with E-state index in [1.54, 1.807) is 0 Å². The molecule has 0 saturated carbocycles. The molecular formula is CH6Cl4O. The topological polar surface area (TPSA) is 17.1 Å². The van der Waals surface area contributed by atoms with Crippen LogP contribution in [0.2, 0.25) is 0 Å². The van der Waals surface area contributed by atoms with Gasteiger partial charge in [0.15, 0.2) is 0 Å². The van der Waals surface area contributed by atoms with E-state index in [4.69, 9.17) is 4.79 Å². The van der Waals surface area contributed by atoms with Gasteiger partial charge in [0.1, 0.15) is 6.79 Å². The Morgan fingerprint density at radius 3 is 0.667 bits per heavy atom. The summed E-state index contributed by atoms with van der Waals surface area (Å²) in [6, 6.07) is 0. The molecule has 0 heterocycles. The Morgan fingerprint density at radius 1 is 0.667 bits per heavy atom. The van der Waals surface area contributed by atoms with E-state index in [1.807, 2.05) is 6.79 Å². The Kier molecular flexibility index (Phi) is 2280. The van der Waals surface area contributed by atoms with Crippen LogP contribution in [0, 0.1) is 0 Å². The first-order chi connectivity index (χ1) is 1.00. The van der Waals surface area contributed by atoms with Crippen molar-refractivity contribution in [1.82, 2.24) is 0 Å². The van der Waals surface area contributed by atoms with E-state index >= 15 is 0 Å². The summed E-state index contributed by atoms with van der Waals surface area (Å²) in [6.45, 7) is 2.00. The number of rotatable bonds is 0. The van der Waals surface area contributed by atoms with Crippen LogP contribution in [0.4, 0.5) is 0 Å². The molecule has 0 amide bonds. The summed E-state index contributed by atoms with van der Waals surface area (Å²) >= 11 is 0. The van der Waals surface area contributed by atoms with Crippen LogP contribution in [-0.2, 0) is 4.79 Å². The van der Waals surface area contributed by atoms with Gasteiger partial charge in [-0.1, -0.05) is 0 Å². The Bertz CT molecular complexity index is 7.51. The maximum atomic E-state index is 8.00. The summed E-state index contributed by atoms with van der Waals surface area (Å²) in [5, 5.41) is 0. The number of hydrogen-bond acceptors (Lipinski definition) is 1. The summed E-state index contributed by atoms with van der Waals surface area (Å²) in [6.07, 6.45) is 0. The molecule has 0 radical (unpaired) electrons. The average Bonchev–Trinajstić information content (AvgIpc) is 1.00. The highest BCUT2D eigenvalue weighted by Gasteiger charge is 0.636. The average molecular weight is 176 g/mol. The molecule has 0 aliphatic carbocycles. The fourth-order valence-corrected chi connectivity index (χ4v) is 0. The molecule has 0 aromatic heterocycles. The molecule has 44 valence electrons. The van der Waals surface area contributed by atoms with E-state index in [-0.39, 0.29) is 49.6 Å². The molecular weight excluding hydrogens is 170 g/mol. The molecule has 0 fully saturated rings. The van der Waals surface area contributed by atoms with Crippen LogP contribution < -0.4 is 0 Å². The Labute approximate surface area is 61.5 Å². The highest BCUT2D eigenvalue weighted by molar-refractivity contribution is 5.86. The van der Waals surface area contributed by atoms with Crippen LogP contribution in [-0.4, -0.2) is 6.79 Å². The molecule has 0 aliphatic heterocycles. The predicted molar refractivity (Wildman–Crippen MR) is 36.1 cm³/mol. The largest absolute Gasteiger partial charge is 0.307 e. The third kappa shape index (κ3) is 103. The Morgan fingerprint density at radius 2 is 0.667 bits per heavy atom. The van der Waals surface area contributed by atoms with Gasteiger partial charge in [0.05, 0.1) is 0 Å². The first kappa shape index (κ1) is 69.3. The molecule has 6 heavy (non-hydrogen) atoms. The molecule has 0 aliphatic rings. The molecule has 0 rings (SSSR count). The SMILES string of the molecule is C=O.Cl.Cl.Cl.Cl. The van der Waals surface area contributed by atoms with Crippen molar-refractivity contribution in [2.75, 3.05) is 0 Å². The minimum atomic E-state index is 0. The van der Waals surface area contributed by atoms with E-state index in [0.29, 0.717) is 0 Å². The maximum absolute atomic E-state index is 8.00. The zero-order valence-electron chi connectivity index (χ0n) is 2.75. The van der Waals surface area contributed by atoms with Crippen LogP contribution in [0.15, 0.2) is 0 Å². The predicted octanol–water partition coefficient (Wildman–Crippen LogP) is 1.50. The number of carbonyl (C=O) groups excluding carboxylic acids is 1. The van der Waals surface area contributed by atoms with Crippen LogP contribution >= 0.6 is 49.6 Å². The molecule has 0 atom stereocenters. The van der Waals surface area contributed by atoms with Gasteiger partial charge < -0.3 is 4.79 Å². The minimum Gasteiger partial charge on any atom is -0.307 e. The van der Waals surface area contributed by atoms with E-state index in [0.717, 1.165) is 0 Å². The van der Waals surface area contributed by atoms with Crippen molar-refractivity contribution in [3.8, 4) is 0 Å². The fraction of sp³-hybridized carbons (Fsp3) is 0. The van der Waals surface area contributed by atoms with Crippen molar-refractivity contribution in [2.45, 2.75) is 0 Å². The lowest BCUT2D eigenvalue weighted by atomic mass is 11.9. The molecule has 0 aromatic rings. The number of carbonyl (C=O) groups is 1. The van der Waals surface area contributed by atoms with Crippen molar-refractivity contribution in [3.05, 3.63) is 0 Å². The molecule has 0 unspecified atom stereocenters. The molecule has 0 N–H and O–H groups in total. The first-order valence-electron chi connectivity index (χ1n) is 0.289. The van der Waals surface area contributed by atoms with E-state index in [1.165, 1.54) is 0 Å². The lowest BCUT2D eigenvalue weighted by Gasteiger charge is -0.837. The maximum Gasteiger partial charge on any atom is 0.106 e. The number of halogens is 4. The third-order valence-electron chi connectivity index (χ3n) is 0. The van der Waals surface area contributed by atoms with Crippen molar-refractivity contribution < 1.29 is 4.79 Å². The second-order valence-corrected chi connectivity index (χ2v) is 0. The van der Waals surface area contributed by atoms with Gasteiger partial charge in [-0.2, -0.15) is 0 Å². The van der Waals surface area contributed by atoms with E-state index < -0.39 is 0 Å². The normalized spacial score (nSPS) is 0.667. The molecule has 1 nitrogen and oxygen atoms in total. The first-order valence-corrected chi connectivity index (χ1v) is 0.289. The Hall–Kier alpha value is 0.830. The van der Waals surface area contributed by atoms with E-state index in [2.05, 4.69) is 0 Å². The quantitative estimate of drug-likeness (QED) is 0.546. The smallest absolute Gasteiger partial charge is 0.106 e. The second-order valence-electron chi connectivity index (χ2n) is 0. The monoisotopic (exact) mass is 174 g/mol. The summed E-state index contributed by atoms with van der Waals surface area (Å²) in [7, 11) is 0. The highest BCUT2D eigenvalue weighted by Crippen LogP contribution is 0.693. The summed E-state index contributed by atoms with van der Waals surface area (Å²) in [5.74, 6) is 0. The molecule has 0 saturated heterocycles. The summed E-state index contributed by atoms with van der Waals surface area (Å²) in [4.78, 5) is 8.00. The fourth-order valence-electron chi connectivity index (χ4n) is 0. The summed E-state index contributed by atoms with van der Waals surface area (Å²) in [5.41, 5.74) is 0. The lowest BCUT2D eigenvalue weighted by Crippen LogP contribution is -0.925. The molecule has 5 heteroatoms. The standard InChI is InChI=1S/CH2O.4ClH/c1-2;;;;/h1H2;4*1H. The van der Waals surface area contributed by atoms with Crippen molar-refractivity contribution >= 4 is 56.4 Å². The van der Waals surface area contributed by atoms with Crippen LogP contribution in [0.5, 0.6) is 0 Å². The molecule has 0 bridgehead atoms. The Balaban J connectivity index is -0.000000000833. The molecule has 0 spiro atoms. The van der Waals surface area contributed by atoms with Crippen LogP contribution in [0.1, 0.15) is 0 Å². The van der Waals surface area contributed by atoms with Gasteiger partial charge >= 0.3 is 0 Å². The third-order valence-corrected chi connectivity index (χ3v) is 0. The zero-order valence-corrected chi connectivity index (χ0v) is 6.01. The molecule has 0 aromatic carbocycles. The lowest BCUT2D eigenvalue weighted by molar-refractivity contribution is -0.0979. The van der Waals surface area contributed by atoms with Crippen LogP contribution in [0.3, 0.4) is 0 Å². The minimum absolute atomic E-state index is 0. The van der Waals surface area contributed by atoms with E-state index in [9.17, 15) is 0 Å². The van der Waals surface area contributed by atoms with Crippen LogP contribution in [0.25, 0.3) is 0 Å². The van der Waals surface area contributed by atoms with Crippen molar-refractivity contribution in [1.29, 1.82) is 0 Å². The van der Waals surface area contributed by atoms with Gasteiger partial charge in [-0.15, -0.1) is 49.6 Å². The van der Waals surface area contributed by atoms with Gasteiger partial charge in [0.25, 0.3) is 0 Å². The van der Waals surface area contributed by atoms with Gasteiger partial charge in [-0.25, -0.2) is 0 Å². The van der Waals surface area contributed by atoms with Gasteiger partial charge in [0.2, 0.25) is 0 Å². The van der Waals surface area contributed by atoms with Crippen molar-refractivity contribution in [3.63, 3.8) is 0 Å². The summed E-state index contributed by atoms with van der Waals surface area (Å²) < 4.78 is 0. The van der Waals surface area contributed by atoms with Gasteiger partial charge in [-0.05, 0) is 0 Å². The van der Waals surface area contributed by atoms with Gasteiger partial charge in [-0.3, -0.25) is 0 Å². The number of hydrogen-bond donors (Lipinski definition) is 0. The van der Waals surface area contributed by atoms with Crippen molar-refractivity contribution in [2.24, 2.45) is 0 Å². The highest BCUT2D eigenvalue weighted by atomic mass is 35.5. The van der Waals surface area contributed by atoms with Gasteiger partial charge in [0, 0.05) is 0 Å².